The van der Waals surface area contributed by atoms with Crippen molar-refractivity contribution in [1.29, 1.82) is 0 Å². The number of hydrogen-bond acceptors (Lipinski definition) is 5. The van der Waals surface area contributed by atoms with Crippen molar-refractivity contribution >= 4 is 0 Å². The van der Waals surface area contributed by atoms with Gasteiger partial charge in [0, 0.05) is 25.7 Å². The molecule has 0 spiro atoms. The minimum Gasteiger partial charge on any atom is -0.338 e. The highest BCUT2D eigenvalue weighted by atomic mass is 16.5. The number of hydrogen-bond donors (Lipinski definition) is 1. The number of nitrogens with zero attached hydrogens (tertiary/aromatic N) is 3. The van der Waals surface area contributed by atoms with Crippen LogP contribution in [0.25, 0.3) is 0 Å². The first-order chi connectivity index (χ1) is 6.34. The van der Waals surface area contributed by atoms with Crippen molar-refractivity contribution < 1.29 is 4.52 Å². The van der Waals surface area contributed by atoms with Crippen LogP contribution in [0.15, 0.2) is 10.9 Å². The summed E-state index contributed by atoms with van der Waals surface area (Å²) in [5, 5.41) is 6.96. The van der Waals surface area contributed by atoms with E-state index < -0.39 is 0 Å². The Balaban J connectivity index is 1.87. The molecule has 0 saturated carbocycles. The first-order valence-corrected chi connectivity index (χ1v) is 4.56. The highest BCUT2D eigenvalue weighted by Crippen LogP contribution is 2.03. The molecule has 1 aliphatic heterocycles. The SMILES string of the molecule is CC1CN(Cc2ncno2)CCN1. The van der Waals surface area contributed by atoms with E-state index in [9.17, 15) is 0 Å². The number of nitrogens with one attached hydrogen (secondary N) is 1. The van der Waals surface area contributed by atoms with Crippen molar-refractivity contribution in [3.05, 3.63) is 12.2 Å². The first-order valence-electron chi connectivity index (χ1n) is 4.56. The molecule has 0 aliphatic carbocycles. The third-order valence-corrected chi connectivity index (χ3v) is 2.22. The Morgan fingerprint density at radius 3 is 3.38 bits per heavy atom. The second-order valence-electron chi connectivity index (χ2n) is 3.43. The molecular formula is C8H14N4O. The van der Waals surface area contributed by atoms with Crippen LogP contribution in [-0.2, 0) is 6.54 Å². The van der Waals surface area contributed by atoms with Gasteiger partial charge in [-0.1, -0.05) is 5.16 Å². The van der Waals surface area contributed by atoms with Gasteiger partial charge in [0.05, 0.1) is 6.54 Å². The molecule has 5 heteroatoms. The normalized spacial score (nSPS) is 24.8. The molecule has 2 heterocycles. The van der Waals surface area contributed by atoms with Crippen LogP contribution in [0.4, 0.5) is 0 Å². The molecule has 1 aromatic heterocycles. The molecule has 0 bridgehead atoms. The standard InChI is InChI=1S/C8H14N4O/c1-7-4-12(3-2-9-7)5-8-10-6-11-13-8/h6-7,9H,2-5H2,1H3. The van der Waals surface area contributed by atoms with Gasteiger partial charge >= 0.3 is 0 Å². The van der Waals surface area contributed by atoms with Crippen molar-refractivity contribution in [2.45, 2.75) is 19.5 Å². The maximum atomic E-state index is 4.95. The molecule has 0 radical (unpaired) electrons. The predicted molar refractivity (Wildman–Crippen MR) is 47.0 cm³/mol. The van der Waals surface area contributed by atoms with E-state index >= 15 is 0 Å². The van der Waals surface area contributed by atoms with Crippen molar-refractivity contribution in [3.8, 4) is 0 Å². The van der Waals surface area contributed by atoms with Crippen LogP contribution in [0.2, 0.25) is 0 Å². The lowest BCUT2D eigenvalue weighted by Gasteiger charge is -2.30. The zero-order valence-corrected chi connectivity index (χ0v) is 7.73. The molecular weight excluding hydrogens is 168 g/mol. The molecule has 1 fully saturated rings. The van der Waals surface area contributed by atoms with Crippen LogP contribution in [0.1, 0.15) is 12.8 Å². The summed E-state index contributed by atoms with van der Waals surface area (Å²) in [4.78, 5) is 6.31. The van der Waals surface area contributed by atoms with Crippen LogP contribution in [-0.4, -0.2) is 40.7 Å². The summed E-state index contributed by atoms with van der Waals surface area (Å²) in [6.45, 7) is 6.08. The molecule has 5 nitrogen and oxygen atoms in total. The van der Waals surface area contributed by atoms with E-state index in [2.05, 4.69) is 27.3 Å². The average Bonchev–Trinajstić information content (AvgIpc) is 2.57. The third-order valence-electron chi connectivity index (χ3n) is 2.22. The minimum absolute atomic E-state index is 0.552. The predicted octanol–water partition coefficient (Wildman–Crippen LogP) is -0.137. The van der Waals surface area contributed by atoms with Gasteiger partial charge < -0.3 is 9.84 Å². The molecule has 13 heavy (non-hydrogen) atoms. The van der Waals surface area contributed by atoms with E-state index in [0.717, 1.165) is 26.2 Å². The largest absolute Gasteiger partial charge is 0.338 e. The monoisotopic (exact) mass is 182 g/mol. The Bertz CT molecular complexity index is 249. The topological polar surface area (TPSA) is 54.2 Å². The molecule has 0 amide bonds. The smallest absolute Gasteiger partial charge is 0.240 e. The Kier molecular flexibility index (Phi) is 2.56. The summed E-state index contributed by atoms with van der Waals surface area (Å²) in [5.41, 5.74) is 0. The van der Waals surface area contributed by atoms with E-state index in [-0.39, 0.29) is 0 Å². The van der Waals surface area contributed by atoms with Crippen LogP contribution in [0.5, 0.6) is 0 Å². The van der Waals surface area contributed by atoms with E-state index in [1.165, 1.54) is 6.33 Å². The highest BCUT2D eigenvalue weighted by Gasteiger charge is 2.16. The molecule has 72 valence electrons. The average molecular weight is 182 g/mol. The van der Waals surface area contributed by atoms with Gasteiger partial charge in [-0.05, 0) is 6.92 Å². The van der Waals surface area contributed by atoms with Crippen molar-refractivity contribution in [2.24, 2.45) is 0 Å². The Hall–Kier alpha value is -0.940. The van der Waals surface area contributed by atoms with Crippen LogP contribution >= 0.6 is 0 Å². The second-order valence-corrected chi connectivity index (χ2v) is 3.43. The van der Waals surface area contributed by atoms with Crippen LogP contribution < -0.4 is 5.32 Å². The quantitative estimate of drug-likeness (QED) is 0.690. The number of rotatable bonds is 2. The second kappa shape index (κ2) is 3.85. The zero-order chi connectivity index (χ0) is 9.10. The van der Waals surface area contributed by atoms with Gasteiger partial charge in [-0.2, -0.15) is 4.98 Å². The Labute approximate surface area is 77.1 Å². The molecule has 1 aliphatic rings. The molecule has 1 N–H and O–H groups in total. The lowest BCUT2D eigenvalue weighted by molar-refractivity contribution is 0.177. The van der Waals surface area contributed by atoms with Crippen molar-refractivity contribution in [1.82, 2.24) is 20.4 Å². The maximum Gasteiger partial charge on any atom is 0.240 e. The zero-order valence-electron chi connectivity index (χ0n) is 7.73. The molecule has 0 aromatic carbocycles. The lowest BCUT2D eigenvalue weighted by atomic mass is 10.2. The fraction of sp³-hybridized carbons (Fsp3) is 0.750. The van der Waals surface area contributed by atoms with Gasteiger partial charge in [-0.3, -0.25) is 4.90 Å². The number of aromatic nitrogens is 2. The third kappa shape index (κ3) is 2.26. The number of piperazine rings is 1. The fourth-order valence-corrected chi connectivity index (χ4v) is 1.61. The molecule has 1 atom stereocenters. The van der Waals surface area contributed by atoms with E-state index in [0.29, 0.717) is 11.9 Å². The van der Waals surface area contributed by atoms with E-state index in [1.54, 1.807) is 0 Å². The van der Waals surface area contributed by atoms with Gasteiger partial charge in [-0.15, -0.1) is 0 Å². The van der Waals surface area contributed by atoms with Gasteiger partial charge in [0.25, 0.3) is 0 Å². The lowest BCUT2D eigenvalue weighted by Crippen LogP contribution is -2.48. The summed E-state index contributed by atoms with van der Waals surface area (Å²) in [6.07, 6.45) is 1.45. The van der Waals surface area contributed by atoms with Gasteiger partial charge in [0.2, 0.25) is 5.89 Å². The van der Waals surface area contributed by atoms with Gasteiger partial charge in [0.1, 0.15) is 0 Å². The van der Waals surface area contributed by atoms with E-state index in [4.69, 9.17) is 4.52 Å². The molecule has 1 saturated heterocycles. The Morgan fingerprint density at radius 2 is 2.69 bits per heavy atom. The fourth-order valence-electron chi connectivity index (χ4n) is 1.61. The molecule has 1 unspecified atom stereocenters. The van der Waals surface area contributed by atoms with Crippen molar-refractivity contribution in [2.75, 3.05) is 19.6 Å². The first kappa shape index (κ1) is 8.65. The highest BCUT2D eigenvalue weighted by molar-refractivity contribution is 4.80. The van der Waals surface area contributed by atoms with Crippen molar-refractivity contribution in [3.63, 3.8) is 0 Å². The maximum absolute atomic E-state index is 4.95. The summed E-state index contributed by atoms with van der Waals surface area (Å²) in [7, 11) is 0. The molecule has 1 aromatic rings. The van der Waals surface area contributed by atoms with Crippen LogP contribution in [0, 0.1) is 0 Å². The van der Waals surface area contributed by atoms with Gasteiger partial charge in [0.15, 0.2) is 6.33 Å². The Morgan fingerprint density at radius 1 is 1.77 bits per heavy atom. The summed E-state index contributed by atoms with van der Waals surface area (Å²) < 4.78 is 4.95. The van der Waals surface area contributed by atoms with Gasteiger partial charge in [-0.25, -0.2) is 0 Å². The minimum atomic E-state index is 0.552. The van der Waals surface area contributed by atoms with Crippen LogP contribution in [0.3, 0.4) is 0 Å². The molecule has 2 rings (SSSR count). The summed E-state index contributed by atoms with van der Waals surface area (Å²) in [5.74, 6) is 0.703. The summed E-state index contributed by atoms with van der Waals surface area (Å²) >= 11 is 0. The summed E-state index contributed by atoms with van der Waals surface area (Å²) in [6, 6.07) is 0.552. The van der Waals surface area contributed by atoms with E-state index in [1.807, 2.05) is 0 Å².